The first-order chi connectivity index (χ1) is 9.76. The Labute approximate surface area is 120 Å². The average molecular weight is 289 g/mol. The molecule has 0 fully saturated rings. The van der Waals surface area contributed by atoms with E-state index >= 15 is 0 Å². The van der Waals surface area contributed by atoms with E-state index in [-0.39, 0.29) is 0 Å². The number of benzene rings is 1. The molecule has 0 aliphatic carbocycles. The number of aromatic amines is 1. The molecule has 7 heteroatoms. The van der Waals surface area contributed by atoms with E-state index in [2.05, 4.69) is 20.1 Å². The Balaban J connectivity index is 1.77. The van der Waals surface area contributed by atoms with Crippen LogP contribution in [-0.4, -0.2) is 31.3 Å². The Morgan fingerprint density at radius 2 is 2.30 bits per heavy atom. The first-order valence-electron chi connectivity index (χ1n) is 6.34. The molecule has 0 aliphatic heterocycles. The molecule has 2 aromatic heterocycles. The van der Waals surface area contributed by atoms with Gasteiger partial charge in [-0.05, 0) is 19.1 Å². The van der Waals surface area contributed by atoms with Crippen molar-refractivity contribution in [2.45, 2.75) is 17.8 Å². The number of rotatable bonds is 5. The molecule has 20 heavy (non-hydrogen) atoms. The molecule has 0 saturated carbocycles. The smallest absolute Gasteiger partial charge is 0.166 e. The summed E-state index contributed by atoms with van der Waals surface area (Å²) in [5, 5.41) is 4.92. The lowest BCUT2D eigenvalue weighted by atomic mass is 10.3. The number of fused-ring (bicyclic) bond motifs is 1. The minimum absolute atomic E-state index is 0.660. The summed E-state index contributed by atoms with van der Waals surface area (Å²) in [4.78, 5) is 12.0. The van der Waals surface area contributed by atoms with Crippen LogP contribution in [0.3, 0.4) is 0 Å². The van der Waals surface area contributed by atoms with Gasteiger partial charge in [0.05, 0.1) is 23.4 Å². The Morgan fingerprint density at radius 1 is 1.40 bits per heavy atom. The van der Waals surface area contributed by atoms with Crippen LogP contribution in [0.15, 0.2) is 29.7 Å². The van der Waals surface area contributed by atoms with Crippen molar-refractivity contribution in [1.29, 1.82) is 0 Å². The summed E-state index contributed by atoms with van der Waals surface area (Å²) < 4.78 is 7.25. The van der Waals surface area contributed by atoms with Gasteiger partial charge in [-0.3, -0.25) is 4.68 Å². The second kappa shape index (κ2) is 5.54. The molecule has 2 heterocycles. The SMILES string of the molecule is CCOc1ccc2nc(SCc3ncnn3C)[nH]c2c1. The number of thioether (sulfide) groups is 1. The van der Waals surface area contributed by atoms with Gasteiger partial charge in [-0.1, -0.05) is 11.8 Å². The van der Waals surface area contributed by atoms with E-state index in [4.69, 9.17) is 4.74 Å². The molecule has 0 atom stereocenters. The van der Waals surface area contributed by atoms with E-state index < -0.39 is 0 Å². The Morgan fingerprint density at radius 3 is 3.05 bits per heavy atom. The Bertz CT molecular complexity index is 720. The molecule has 3 rings (SSSR count). The summed E-state index contributed by atoms with van der Waals surface area (Å²) in [7, 11) is 1.88. The quantitative estimate of drug-likeness (QED) is 0.730. The molecule has 0 radical (unpaired) electrons. The summed E-state index contributed by atoms with van der Waals surface area (Å²) in [6.45, 7) is 2.63. The highest BCUT2D eigenvalue weighted by atomic mass is 32.2. The van der Waals surface area contributed by atoms with Gasteiger partial charge in [0.15, 0.2) is 5.16 Å². The van der Waals surface area contributed by atoms with Crippen molar-refractivity contribution in [2.75, 3.05) is 6.61 Å². The summed E-state index contributed by atoms with van der Waals surface area (Å²) in [5.74, 6) is 2.51. The zero-order valence-corrected chi connectivity index (χ0v) is 12.1. The topological polar surface area (TPSA) is 68.6 Å². The van der Waals surface area contributed by atoms with Gasteiger partial charge in [0, 0.05) is 13.1 Å². The van der Waals surface area contributed by atoms with Crippen LogP contribution in [0.2, 0.25) is 0 Å². The summed E-state index contributed by atoms with van der Waals surface area (Å²) >= 11 is 1.61. The predicted molar refractivity (Wildman–Crippen MR) is 77.8 cm³/mol. The molecule has 3 aromatic rings. The molecule has 0 aliphatic rings. The van der Waals surface area contributed by atoms with Gasteiger partial charge in [-0.25, -0.2) is 9.97 Å². The van der Waals surface area contributed by atoms with E-state index in [0.717, 1.165) is 33.5 Å². The number of ether oxygens (including phenoxy) is 1. The van der Waals surface area contributed by atoms with Gasteiger partial charge in [0.1, 0.15) is 17.9 Å². The number of nitrogens with one attached hydrogen (secondary N) is 1. The van der Waals surface area contributed by atoms with E-state index in [9.17, 15) is 0 Å². The van der Waals surface area contributed by atoms with Crippen LogP contribution in [0.5, 0.6) is 5.75 Å². The van der Waals surface area contributed by atoms with Crippen molar-refractivity contribution >= 4 is 22.8 Å². The summed E-state index contributed by atoms with van der Waals surface area (Å²) in [6, 6.07) is 5.87. The lowest BCUT2D eigenvalue weighted by Crippen LogP contribution is -1.97. The third kappa shape index (κ3) is 2.62. The Hall–Kier alpha value is -2.02. The van der Waals surface area contributed by atoms with E-state index in [1.165, 1.54) is 0 Å². The highest BCUT2D eigenvalue weighted by molar-refractivity contribution is 7.98. The van der Waals surface area contributed by atoms with Crippen LogP contribution in [0, 0.1) is 0 Å². The van der Waals surface area contributed by atoms with Gasteiger partial charge >= 0.3 is 0 Å². The van der Waals surface area contributed by atoms with E-state index in [1.54, 1.807) is 22.8 Å². The first kappa shape index (κ1) is 13.0. The van der Waals surface area contributed by atoms with Crippen LogP contribution in [0.1, 0.15) is 12.7 Å². The average Bonchev–Trinajstić information content (AvgIpc) is 3.02. The van der Waals surface area contributed by atoms with Gasteiger partial charge in [0.25, 0.3) is 0 Å². The van der Waals surface area contributed by atoms with Crippen molar-refractivity contribution in [3.8, 4) is 5.75 Å². The first-order valence-corrected chi connectivity index (χ1v) is 7.33. The number of nitrogens with zero attached hydrogens (tertiary/aromatic N) is 4. The molecule has 0 bridgehead atoms. The number of aryl methyl sites for hydroxylation is 1. The maximum absolute atomic E-state index is 5.48. The third-order valence-corrected chi connectivity index (χ3v) is 3.76. The lowest BCUT2D eigenvalue weighted by Gasteiger charge is -2.00. The van der Waals surface area contributed by atoms with Gasteiger partial charge in [-0.15, -0.1) is 0 Å². The maximum Gasteiger partial charge on any atom is 0.166 e. The predicted octanol–water partition coefficient (Wildman–Crippen LogP) is 2.38. The lowest BCUT2D eigenvalue weighted by molar-refractivity contribution is 0.340. The molecule has 0 amide bonds. The van der Waals surface area contributed by atoms with Crippen LogP contribution in [0.25, 0.3) is 11.0 Å². The summed E-state index contributed by atoms with van der Waals surface area (Å²) in [5.41, 5.74) is 1.92. The molecule has 0 spiro atoms. The zero-order valence-electron chi connectivity index (χ0n) is 11.3. The van der Waals surface area contributed by atoms with Crippen molar-refractivity contribution in [3.05, 3.63) is 30.4 Å². The molecular weight excluding hydrogens is 274 g/mol. The normalized spacial score (nSPS) is 11.1. The molecule has 1 aromatic carbocycles. The van der Waals surface area contributed by atoms with Gasteiger partial charge in [0.2, 0.25) is 0 Å². The second-order valence-electron chi connectivity index (χ2n) is 4.24. The number of hydrogen-bond acceptors (Lipinski definition) is 5. The fourth-order valence-corrected chi connectivity index (χ4v) is 2.75. The standard InChI is InChI=1S/C13H15N5OS/c1-3-19-9-4-5-10-11(6-9)17-13(16-10)20-7-12-14-8-15-18(12)2/h4-6,8H,3,7H2,1-2H3,(H,16,17). The summed E-state index contributed by atoms with van der Waals surface area (Å²) in [6.07, 6.45) is 1.56. The Kier molecular flexibility index (Phi) is 3.60. The minimum atomic E-state index is 0.660. The zero-order chi connectivity index (χ0) is 13.9. The van der Waals surface area contributed by atoms with Crippen molar-refractivity contribution in [2.24, 2.45) is 7.05 Å². The number of H-pyrrole nitrogens is 1. The number of aromatic nitrogens is 5. The molecule has 6 nitrogen and oxygen atoms in total. The van der Waals surface area contributed by atoms with Crippen molar-refractivity contribution in [1.82, 2.24) is 24.7 Å². The van der Waals surface area contributed by atoms with Gasteiger partial charge in [-0.2, -0.15) is 5.10 Å². The highest BCUT2D eigenvalue weighted by Crippen LogP contribution is 2.24. The van der Waals surface area contributed by atoms with Crippen molar-refractivity contribution < 1.29 is 4.74 Å². The highest BCUT2D eigenvalue weighted by Gasteiger charge is 2.07. The molecule has 0 unspecified atom stereocenters. The maximum atomic E-state index is 5.48. The van der Waals surface area contributed by atoms with Crippen molar-refractivity contribution in [3.63, 3.8) is 0 Å². The molecule has 0 saturated heterocycles. The van der Waals surface area contributed by atoms with Crippen LogP contribution in [-0.2, 0) is 12.8 Å². The molecular formula is C13H15N5OS. The number of imidazole rings is 1. The third-order valence-electron chi connectivity index (χ3n) is 2.89. The van der Waals surface area contributed by atoms with Crippen LogP contribution >= 0.6 is 11.8 Å². The van der Waals surface area contributed by atoms with Crippen LogP contribution < -0.4 is 4.74 Å². The largest absolute Gasteiger partial charge is 0.494 e. The fourth-order valence-electron chi connectivity index (χ4n) is 1.87. The van der Waals surface area contributed by atoms with Gasteiger partial charge < -0.3 is 9.72 Å². The second-order valence-corrected chi connectivity index (χ2v) is 5.21. The molecule has 1 N–H and O–H groups in total. The monoisotopic (exact) mass is 289 g/mol. The fraction of sp³-hybridized carbons (Fsp3) is 0.308. The molecule has 104 valence electrons. The number of hydrogen-bond donors (Lipinski definition) is 1. The van der Waals surface area contributed by atoms with Crippen LogP contribution in [0.4, 0.5) is 0 Å². The van der Waals surface area contributed by atoms with E-state index in [0.29, 0.717) is 6.61 Å². The minimum Gasteiger partial charge on any atom is -0.494 e. The van der Waals surface area contributed by atoms with E-state index in [1.807, 2.05) is 32.2 Å².